The number of ether oxygens (including phenoxy) is 1. The Labute approximate surface area is 162 Å². The van der Waals surface area contributed by atoms with Crippen molar-refractivity contribution < 1.29 is 9.53 Å². The summed E-state index contributed by atoms with van der Waals surface area (Å²) < 4.78 is 6.15. The molecule has 0 aliphatic carbocycles. The molecule has 2 aromatic rings. The number of halogens is 2. The first kappa shape index (κ1) is 19.8. The van der Waals surface area contributed by atoms with Crippen molar-refractivity contribution >= 4 is 33.4 Å². The van der Waals surface area contributed by atoms with Crippen LogP contribution in [0.25, 0.3) is 0 Å². The highest BCUT2D eigenvalue weighted by molar-refractivity contribution is 9.10. The molecular weight excluding hydrogens is 404 g/mol. The zero-order chi connectivity index (χ0) is 18.2. The number of nitrogens with one attached hydrogen (secondary N) is 1. The minimum absolute atomic E-state index is 0.107. The van der Waals surface area contributed by atoms with E-state index < -0.39 is 0 Å². The Morgan fingerprint density at radius 3 is 2.72 bits per heavy atom. The van der Waals surface area contributed by atoms with Crippen LogP contribution in [0.2, 0.25) is 5.02 Å². The smallest absolute Gasteiger partial charge is 0.223 e. The lowest BCUT2D eigenvalue weighted by molar-refractivity contribution is -0.130. The van der Waals surface area contributed by atoms with E-state index in [1.54, 1.807) is 12.0 Å². The van der Waals surface area contributed by atoms with Gasteiger partial charge in [0.05, 0.1) is 12.1 Å². The maximum absolute atomic E-state index is 12.2. The number of rotatable bonds is 8. The average Bonchev–Trinajstić information content (AvgIpc) is 2.60. The van der Waals surface area contributed by atoms with E-state index in [1.165, 1.54) is 0 Å². The van der Waals surface area contributed by atoms with Gasteiger partial charge in [-0.1, -0.05) is 51.8 Å². The third-order valence-corrected chi connectivity index (χ3v) is 4.92. The molecule has 0 aromatic heterocycles. The second-order valence-electron chi connectivity index (χ2n) is 5.74. The first-order chi connectivity index (χ1) is 12.0. The standard InChI is InChI=1S/C19H22BrClN2O2/c1-23(13-15-5-3-4-6-16(15)20)19(24)9-10-22-12-14-7-8-18(25-2)17(21)11-14/h3-8,11,22H,9-10,12-13H2,1-2H3. The quantitative estimate of drug-likeness (QED) is 0.643. The maximum Gasteiger partial charge on any atom is 0.223 e. The Balaban J connectivity index is 1.74. The minimum Gasteiger partial charge on any atom is -0.495 e. The van der Waals surface area contributed by atoms with Gasteiger partial charge in [0.25, 0.3) is 0 Å². The van der Waals surface area contributed by atoms with Gasteiger partial charge in [-0.25, -0.2) is 0 Å². The summed E-state index contributed by atoms with van der Waals surface area (Å²) in [7, 11) is 3.42. The average molecular weight is 426 g/mol. The van der Waals surface area contributed by atoms with Gasteiger partial charge in [-0.15, -0.1) is 0 Å². The Hall–Kier alpha value is -1.56. The van der Waals surface area contributed by atoms with Crippen molar-refractivity contribution in [3.05, 3.63) is 63.1 Å². The number of carbonyl (C=O) groups is 1. The largest absolute Gasteiger partial charge is 0.495 e. The molecule has 0 aliphatic heterocycles. The number of methoxy groups -OCH3 is 1. The maximum atomic E-state index is 12.2. The number of benzene rings is 2. The monoisotopic (exact) mass is 424 g/mol. The van der Waals surface area contributed by atoms with Crippen molar-refractivity contribution in [3.63, 3.8) is 0 Å². The molecule has 0 aliphatic rings. The molecular formula is C19H22BrClN2O2. The lowest BCUT2D eigenvalue weighted by atomic mass is 10.2. The fourth-order valence-corrected chi connectivity index (χ4v) is 3.10. The molecule has 1 amide bonds. The van der Waals surface area contributed by atoms with Gasteiger partial charge in [0.2, 0.25) is 5.91 Å². The summed E-state index contributed by atoms with van der Waals surface area (Å²) in [6.45, 7) is 1.86. The molecule has 0 spiro atoms. The molecule has 0 saturated carbocycles. The topological polar surface area (TPSA) is 41.6 Å². The Kier molecular flexibility index (Phi) is 7.75. The molecule has 1 N–H and O–H groups in total. The van der Waals surface area contributed by atoms with E-state index in [9.17, 15) is 4.79 Å². The molecule has 2 aromatic carbocycles. The second kappa shape index (κ2) is 9.80. The highest BCUT2D eigenvalue weighted by Crippen LogP contribution is 2.24. The predicted octanol–water partition coefficient (Wildman–Crippen LogP) is 4.25. The summed E-state index contributed by atoms with van der Waals surface area (Å²) in [5.41, 5.74) is 2.15. The fourth-order valence-electron chi connectivity index (χ4n) is 2.41. The summed E-state index contributed by atoms with van der Waals surface area (Å²) in [4.78, 5) is 14.0. The molecule has 134 valence electrons. The van der Waals surface area contributed by atoms with Crippen LogP contribution in [0, 0.1) is 0 Å². The third-order valence-electron chi connectivity index (χ3n) is 3.85. The van der Waals surface area contributed by atoms with Gasteiger partial charge in [-0.2, -0.15) is 0 Å². The minimum atomic E-state index is 0.107. The van der Waals surface area contributed by atoms with Gasteiger partial charge in [0, 0.05) is 37.6 Å². The SMILES string of the molecule is COc1ccc(CNCCC(=O)N(C)Cc2ccccc2Br)cc1Cl. The molecule has 0 fully saturated rings. The van der Waals surface area contributed by atoms with Crippen LogP contribution in [-0.4, -0.2) is 31.5 Å². The van der Waals surface area contributed by atoms with Crippen LogP contribution >= 0.6 is 27.5 Å². The van der Waals surface area contributed by atoms with Gasteiger partial charge in [0.1, 0.15) is 5.75 Å². The normalized spacial score (nSPS) is 10.6. The summed E-state index contributed by atoms with van der Waals surface area (Å²) >= 11 is 9.62. The number of carbonyl (C=O) groups excluding carboxylic acids is 1. The van der Waals surface area contributed by atoms with E-state index in [-0.39, 0.29) is 5.91 Å². The van der Waals surface area contributed by atoms with Crippen molar-refractivity contribution in [2.45, 2.75) is 19.5 Å². The van der Waals surface area contributed by atoms with E-state index in [2.05, 4.69) is 21.2 Å². The number of hydrogen-bond donors (Lipinski definition) is 1. The molecule has 0 heterocycles. The zero-order valence-corrected chi connectivity index (χ0v) is 16.7. The van der Waals surface area contributed by atoms with Crippen LogP contribution in [0.4, 0.5) is 0 Å². The Bertz CT molecular complexity index is 724. The molecule has 0 bridgehead atoms. The summed E-state index contributed by atoms with van der Waals surface area (Å²) in [5.74, 6) is 0.769. The van der Waals surface area contributed by atoms with Crippen LogP contribution in [0.1, 0.15) is 17.5 Å². The first-order valence-corrected chi connectivity index (χ1v) is 9.19. The van der Waals surface area contributed by atoms with Crippen molar-refractivity contribution in [3.8, 4) is 5.75 Å². The molecule has 0 atom stereocenters. The van der Waals surface area contributed by atoms with E-state index in [4.69, 9.17) is 16.3 Å². The number of amides is 1. The van der Waals surface area contributed by atoms with Gasteiger partial charge < -0.3 is 15.0 Å². The molecule has 6 heteroatoms. The fraction of sp³-hybridized carbons (Fsp3) is 0.316. The van der Waals surface area contributed by atoms with Gasteiger partial charge in [0.15, 0.2) is 0 Å². The van der Waals surface area contributed by atoms with Crippen LogP contribution in [0.15, 0.2) is 46.9 Å². The van der Waals surface area contributed by atoms with Gasteiger partial charge in [-0.05, 0) is 29.3 Å². The molecule has 25 heavy (non-hydrogen) atoms. The molecule has 4 nitrogen and oxygen atoms in total. The number of hydrogen-bond acceptors (Lipinski definition) is 3. The lowest BCUT2D eigenvalue weighted by Gasteiger charge is -2.18. The Morgan fingerprint density at radius 1 is 1.28 bits per heavy atom. The van der Waals surface area contributed by atoms with E-state index >= 15 is 0 Å². The van der Waals surface area contributed by atoms with Crippen LogP contribution in [0.5, 0.6) is 5.75 Å². The molecule has 0 unspecified atom stereocenters. The van der Waals surface area contributed by atoms with Gasteiger partial charge in [-0.3, -0.25) is 4.79 Å². The van der Waals surface area contributed by atoms with E-state index in [1.807, 2.05) is 49.5 Å². The van der Waals surface area contributed by atoms with Crippen molar-refractivity contribution in [2.75, 3.05) is 20.7 Å². The molecule has 0 radical (unpaired) electrons. The van der Waals surface area contributed by atoms with E-state index in [0.29, 0.717) is 36.8 Å². The number of nitrogens with zero attached hydrogens (tertiary/aromatic N) is 1. The highest BCUT2D eigenvalue weighted by Gasteiger charge is 2.10. The van der Waals surface area contributed by atoms with Crippen molar-refractivity contribution in [2.24, 2.45) is 0 Å². The predicted molar refractivity (Wildman–Crippen MR) is 105 cm³/mol. The zero-order valence-electron chi connectivity index (χ0n) is 14.4. The van der Waals surface area contributed by atoms with Crippen LogP contribution in [0.3, 0.4) is 0 Å². The van der Waals surface area contributed by atoms with Gasteiger partial charge >= 0.3 is 0 Å². The first-order valence-electron chi connectivity index (χ1n) is 8.01. The summed E-state index contributed by atoms with van der Waals surface area (Å²) in [5, 5.41) is 3.86. The van der Waals surface area contributed by atoms with Crippen LogP contribution in [-0.2, 0) is 17.9 Å². The third kappa shape index (κ3) is 6.03. The molecule has 0 saturated heterocycles. The molecule has 2 rings (SSSR count). The van der Waals surface area contributed by atoms with Crippen LogP contribution < -0.4 is 10.1 Å². The lowest BCUT2D eigenvalue weighted by Crippen LogP contribution is -2.29. The highest BCUT2D eigenvalue weighted by atomic mass is 79.9. The second-order valence-corrected chi connectivity index (χ2v) is 7.00. The summed E-state index contributed by atoms with van der Waals surface area (Å²) in [6, 6.07) is 13.6. The Morgan fingerprint density at radius 2 is 2.04 bits per heavy atom. The van der Waals surface area contributed by atoms with E-state index in [0.717, 1.165) is 15.6 Å². The summed E-state index contributed by atoms with van der Waals surface area (Å²) in [6.07, 6.45) is 0.449. The van der Waals surface area contributed by atoms with Crippen molar-refractivity contribution in [1.29, 1.82) is 0 Å². The van der Waals surface area contributed by atoms with Crippen molar-refractivity contribution in [1.82, 2.24) is 10.2 Å².